The molecule has 0 radical (unpaired) electrons. The van der Waals surface area contributed by atoms with E-state index in [-0.39, 0.29) is 23.9 Å². The van der Waals surface area contributed by atoms with Gasteiger partial charge in [0, 0.05) is 37.8 Å². The third-order valence-electron chi connectivity index (χ3n) is 5.03. The first-order valence-corrected chi connectivity index (χ1v) is 10.9. The molecule has 30 heavy (non-hydrogen) atoms. The molecule has 0 unspecified atom stereocenters. The Hall–Kier alpha value is -3.35. The SMILES string of the molecule is N#Cc1cccc(S(=O)(=O)N2CCCN(C(=O)c3ccc4cccnc4n3)CC2)c1. The standard InChI is InChI=1S/C21H19N5O3S/c22-15-16-4-1-6-18(14-16)30(28,29)26-11-3-10-25(12-13-26)21(27)19-8-7-17-5-2-9-23-20(17)24-19/h1-2,4-9,14H,3,10-13H2. The number of nitriles is 1. The topological polar surface area (TPSA) is 107 Å². The molecule has 152 valence electrons. The van der Waals surface area contributed by atoms with E-state index in [9.17, 15) is 13.2 Å². The van der Waals surface area contributed by atoms with Crippen LogP contribution < -0.4 is 0 Å². The molecule has 1 amide bonds. The van der Waals surface area contributed by atoms with Gasteiger partial charge in [0.05, 0.1) is 16.5 Å². The number of carbonyl (C=O) groups excluding carboxylic acids is 1. The Morgan fingerprint density at radius 3 is 2.73 bits per heavy atom. The van der Waals surface area contributed by atoms with Gasteiger partial charge in [-0.15, -0.1) is 0 Å². The van der Waals surface area contributed by atoms with Crippen LogP contribution in [0, 0.1) is 11.3 Å². The van der Waals surface area contributed by atoms with Gasteiger partial charge in [0.2, 0.25) is 10.0 Å². The predicted molar refractivity (Wildman–Crippen MR) is 110 cm³/mol. The Bertz CT molecular complexity index is 1250. The van der Waals surface area contributed by atoms with Crippen molar-refractivity contribution in [3.8, 4) is 6.07 Å². The van der Waals surface area contributed by atoms with Crippen molar-refractivity contribution in [1.82, 2.24) is 19.2 Å². The second kappa shape index (κ2) is 8.18. The van der Waals surface area contributed by atoms with Crippen LogP contribution in [0.15, 0.2) is 59.6 Å². The fourth-order valence-electron chi connectivity index (χ4n) is 3.45. The maximum Gasteiger partial charge on any atom is 0.272 e. The molecule has 1 fully saturated rings. The van der Waals surface area contributed by atoms with Crippen molar-refractivity contribution in [3.63, 3.8) is 0 Å². The number of amides is 1. The van der Waals surface area contributed by atoms with Gasteiger partial charge in [0.15, 0.2) is 5.65 Å². The Kier molecular flexibility index (Phi) is 5.44. The molecule has 1 aromatic carbocycles. The minimum absolute atomic E-state index is 0.0867. The molecule has 3 heterocycles. The summed E-state index contributed by atoms with van der Waals surface area (Å²) in [7, 11) is -3.74. The molecule has 0 N–H and O–H groups in total. The average Bonchev–Trinajstić information content (AvgIpc) is 3.05. The monoisotopic (exact) mass is 421 g/mol. The molecule has 1 saturated heterocycles. The molecule has 2 aromatic heterocycles. The Morgan fingerprint density at radius 2 is 1.90 bits per heavy atom. The van der Waals surface area contributed by atoms with Gasteiger partial charge in [-0.05, 0) is 48.9 Å². The van der Waals surface area contributed by atoms with Gasteiger partial charge >= 0.3 is 0 Å². The third-order valence-corrected chi connectivity index (χ3v) is 6.92. The van der Waals surface area contributed by atoms with Crippen molar-refractivity contribution >= 4 is 27.0 Å². The molecule has 0 atom stereocenters. The van der Waals surface area contributed by atoms with Crippen LogP contribution in [0.25, 0.3) is 11.0 Å². The lowest BCUT2D eigenvalue weighted by Crippen LogP contribution is -2.37. The van der Waals surface area contributed by atoms with Gasteiger partial charge in [0.25, 0.3) is 5.91 Å². The van der Waals surface area contributed by atoms with E-state index in [4.69, 9.17) is 5.26 Å². The number of aromatic nitrogens is 2. The minimum atomic E-state index is -3.74. The zero-order chi connectivity index (χ0) is 21.1. The number of pyridine rings is 2. The molecular weight excluding hydrogens is 402 g/mol. The molecule has 8 nitrogen and oxygen atoms in total. The summed E-state index contributed by atoms with van der Waals surface area (Å²) in [6.07, 6.45) is 2.13. The van der Waals surface area contributed by atoms with Crippen LogP contribution in [0.5, 0.6) is 0 Å². The fraction of sp³-hybridized carbons (Fsp3) is 0.238. The van der Waals surface area contributed by atoms with Crippen LogP contribution in [-0.2, 0) is 10.0 Å². The van der Waals surface area contributed by atoms with E-state index in [2.05, 4.69) is 9.97 Å². The Labute approximate surface area is 174 Å². The third kappa shape index (κ3) is 3.87. The van der Waals surface area contributed by atoms with E-state index in [1.165, 1.54) is 16.4 Å². The van der Waals surface area contributed by atoms with E-state index < -0.39 is 10.0 Å². The highest BCUT2D eigenvalue weighted by Gasteiger charge is 2.29. The minimum Gasteiger partial charge on any atom is -0.336 e. The smallest absolute Gasteiger partial charge is 0.272 e. The molecule has 0 bridgehead atoms. The highest BCUT2D eigenvalue weighted by molar-refractivity contribution is 7.89. The summed E-state index contributed by atoms with van der Waals surface area (Å²) in [5.41, 5.74) is 1.08. The highest BCUT2D eigenvalue weighted by atomic mass is 32.2. The molecular formula is C21H19N5O3S. The van der Waals surface area contributed by atoms with E-state index >= 15 is 0 Å². The molecule has 0 spiro atoms. The summed E-state index contributed by atoms with van der Waals surface area (Å²) in [6.45, 7) is 1.18. The lowest BCUT2D eigenvalue weighted by atomic mass is 10.2. The van der Waals surface area contributed by atoms with Crippen LogP contribution in [-0.4, -0.2) is 59.7 Å². The number of hydrogen-bond donors (Lipinski definition) is 0. The summed E-state index contributed by atoms with van der Waals surface area (Å²) >= 11 is 0. The fourth-order valence-corrected chi connectivity index (χ4v) is 4.96. The molecule has 0 aliphatic carbocycles. The Morgan fingerprint density at radius 1 is 1.03 bits per heavy atom. The molecule has 9 heteroatoms. The largest absolute Gasteiger partial charge is 0.336 e. The lowest BCUT2D eigenvalue weighted by molar-refractivity contribution is 0.0758. The van der Waals surface area contributed by atoms with Crippen molar-refractivity contribution in [2.75, 3.05) is 26.2 Å². The second-order valence-corrected chi connectivity index (χ2v) is 8.87. The normalized spacial score (nSPS) is 15.5. The first kappa shape index (κ1) is 19.9. The maximum atomic E-state index is 13.0. The zero-order valence-corrected chi connectivity index (χ0v) is 16.9. The van der Waals surface area contributed by atoms with Crippen LogP contribution in [0.4, 0.5) is 0 Å². The van der Waals surface area contributed by atoms with Gasteiger partial charge < -0.3 is 4.90 Å². The van der Waals surface area contributed by atoms with E-state index in [1.54, 1.807) is 35.4 Å². The zero-order valence-electron chi connectivity index (χ0n) is 16.1. The van der Waals surface area contributed by atoms with Crippen molar-refractivity contribution in [1.29, 1.82) is 5.26 Å². The summed E-state index contributed by atoms with van der Waals surface area (Å²) in [6, 6.07) is 15.1. The summed E-state index contributed by atoms with van der Waals surface area (Å²) in [4.78, 5) is 23.2. The number of rotatable bonds is 3. The van der Waals surface area contributed by atoms with Gasteiger partial charge in [0.1, 0.15) is 5.69 Å². The lowest BCUT2D eigenvalue weighted by Gasteiger charge is -2.22. The Balaban J connectivity index is 1.51. The van der Waals surface area contributed by atoms with Crippen molar-refractivity contribution < 1.29 is 13.2 Å². The average molecular weight is 421 g/mol. The number of hydrogen-bond acceptors (Lipinski definition) is 6. The molecule has 3 aromatic rings. The van der Waals surface area contributed by atoms with E-state index in [0.29, 0.717) is 36.4 Å². The second-order valence-electron chi connectivity index (χ2n) is 6.94. The van der Waals surface area contributed by atoms with E-state index in [1.807, 2.05) is 18.2 Å². The molecule has 1 aliphatic heterocycles. The van der Waals surface area contributed by atoms with Gasteiger partial charge in [-0.2, -0.15) is 9.57 Å². The maximum absolute atomic E-state index is 13.0. The van der Waals surface area contributed by atoms with Crippen LogP contribution >= 0.6 is 0 Å². The first-order valence-electron chi connectivity index (χ1n) is 9.50. The summed E-state index contributed by atoms with van der Waals surface area (Å²) < 4.78 is 27.4. The number of sulfonamides is 1. The number of benzene rings is 1. The van der Waals surface area contributed by atoms with Gasteiger partial charge in [-0.3, -0.25) is 4.79 Å². The number of carbonyl (C=O) groups is 1. The number of nitrogens with zero attached hydrogens (tertiary/aromatic N) is 5. The molecule has 0 saturated carbocycles. The van der Waals surface area contributed by atoms with Crippen LogP contribution in [0.2, 0.25) is 0 Å². The van der Waals surface area contributed by atoms with Crippen molar-refractivity contribution in [2.45, 2.75) is 11.3 Å². The molecule has 1 aliphatic rings. The summed E-state index contributed by atoms with van der Waals surface area (Å²) in [5.74, 6) is -0.242. The molecule has 4 rings (SSSR count). The van der Waals surface area contributed by atoms with Gasteiger partial charge in [-0.1, -0.05) is 6.07 Å². The predicted octanol–water partition coefficient (Wildman–Crippen LogP) is 2.04. The van der Waals surface area contributed by atoms with E-state index in [0.717, 1.165) is 5.39 Å². The van der Waals surface area contributed by atoms with Crippen LogP contribution in [0.3, 0.4) is 0 Å². The van der Waals surface area contributed by atoms with Crippen molar-refractivity contribution in [3.05, 3.63) is 66.0 Å². The van der Waals surface area contributed by atoms with Crippen molar-refractivity contribution in [2.24, 2.45) is 0 Å². The first-order chi connectivity index (χ1) is 14.5. The highest BCUT2D eigenvalue weighted by Crippen LogP contribution is 2.20. The summed E-state index contributed by atoms with van der Waals surface area (Å²) in [5, 5.41) is 9.89. The quantitative estimate of drug-likeness (QED) is 0.640. The van der Waals surface area contributed by atoms with Gasteiger partial charge in [-0.25, -0.2) is 18.4 Å². The number of fused-ring (bicyclic) bond motifs is 1. The van der Waals surface area contributed by atoms with Crippen LogP contribution in [0.1, 0.15) is 22.5 Å².